The van der Waals surface area contributed by atoms with Crippen LogP contribution >= 0.6 is 11.6 Å². The molecule has 1 atom stereocenters. The number of hydrogen-bond donors (Lipinski definition) is 1. The number of piperidine rings is 1. The highest BCUT2D eigenvalue weighted by Gasteiger charge is 2.14. The summed E-state index contributed by atoms with van der Waals surface area (Å²) >= 11 is 6.19. The fourth-order valence-electron chi connectivity index (χ4n) is 2.16. The van der Waals surface area contributed by atoms with E-state index in [-0.39, 0.29) is 0 Å². The van der Waals surface area contributed by atoms with E-state index in [9.17, 15) is 0 Å². The molecular formula is C14H20ClNO. The minimum absolute atomic E-state index is 0.616. The molecule has 0 radical (unpaired) electrons. The molecule has 1 fully saturated rings. The maximum Gasteiger partial charge on any atom is 0.137 e. The minimum Gasteiger partial charge on any atom is -0.492 e. The predicted molar refractivity (Wildman–Crippen MR) is 71.9 cm³/mol. The Bertz CT molecular complexity index is 361. The van der Waals surface area contributed by atoms with E-state index in [1.165, 1.54) is 18.4 Å². The molecule has 0 spiro atoms. The number of rotatable bonds is 4. The van der Waals surface area contributed by atoms with E-state index in [0.717, 1.165) is 36.9 Å². The maximum atomic E-state index is 6.19. The topological polar surface area (TPSA) is 21.3 Å². The normalized spacial score (nSPS) is 20.2. The van der Waals surface area contributed by atoms with E-state index in [1.807, 2.05) is 12.1 Å². The van der Waals surface area contributed by atoms with Gasteiger partial charge in [-0.15, -0.1) is 0 Å². The van der Waals surface area contributed by atoms with Gasteiger partial charge in [-0.05, 0) is 43.5 Å². The van der Waals surface area contributed by atoms with E-state index < -0.39 is 0 Å². The summed E-state index contributed by atoms with van der Waals surface area (Å²) in [5.74, 6) is 1.43. The third-order valence-corrected chi connectivity index (χ3v) is 3.57. The zero-order valence-electron chi connectivity index (χ0n) is 10.3. The molecule has 1 saturated heterocycles. The maximum absolute atomic E-state index is 6.19. The molecule has 1 aliphatic rings. The zero-order valence-corrected chi connectivity index (χ0v) is 11.1. The van der Waals surface area contributed by atoms with Gasteiger partial charge in [0.15, 0.2) is 0 Å². The average molecular weight is 254 g/mol. The van der Waals surface area contributed by atoms with Crippen LogP contribution in [-0.4, -0.2) is 19.7 Å². The Balaban J connectivity index is 1.89. The first-order valence-corrected chi connectivity index (χ1v) is 6.79. The molecule has 0 amide bonds. The summed E-state index contributed by atoms with van der Waals surface area (Å²) in [6.07, 6.45) is 3.50. The molecule has 0 bridgehead atoms. The van der Waals surface area contributed by atoms with Crippen LogP contribution in [0.1, 0.15) is 25.3 Å². The first-order valence-electron chi connectivity index (χ1n) is 6.41. The van der Waals surface area contributed by atoms with Crippen molar-refractivity contribution < 1.29 is 4.74 Å². The van der Waals surface area contributed by atoms with Crippen LogP contribution < -0.4 is 10.1 Å². The molecule has 3 heteroatoms. The van der Waals surface area contributed by atoms with Crippen molar-refractivity contribution in [3.05, 3.63) is 28.8 Å². The summed E-state index contributed by atoms with van der Waals surface area (Å²) in [6.45, 7) is 5.09. The summed E-state index contributed by atoms with van der Waals surface area (Å²) in [5, 5.41) is 4.12. The van der Waals surface area contributed by atoms with Crippen LogP contribution in [0.3, 0.4) is 0 Å². The number of nitrogens with one attached hydrogen (secondary N) is 1. The lowest BCUT2D eigenvalue weighted by atomic mass is 10.0. The third kappa shape index (κ3) is 3.62. The quantitative estimate of drug-likeness (QED) is 0.889. The van der Waals surface area contributed by atoms with Gasteiger partial charge in [-0.1, -0.05) is 24.6 Å². The van der Waals surface area contributed by atoms with E-state index >= 15 is 0 Å². The largest absolute Gasteiger partial charge is 0.492 e. The second kappa shape index (κ2) is 6.27. The fraction of sp³-hybridized carbons (Fsp3) is 0.571. The van der Waals surface area contributed by atoms with E-state index in [2.05, 4.69) is 18.3 Å². The molecule has 94 valence electrons. The molecule has 1 heterocycles. The summed E-state index contributed by atoms with van der Waals surface area (Å²) in [5.41, 5.74) is 1.25. The van der Waals surface area contributed by atoms with Gasteiger partial charge in [-0.25, -0.2) is 0 Å². The van der Waals surface area contributed by atoms with Gasteiger partial charge in [0.25, 0.3) is 0 Å². The van der Waals surface area contributed by atoms with Gasteiger partial charge in [0.05, 0.1) is 11.6 Å². The first kappa shape index (κ1) is 12.7. The van der Waals surface area contributed by atoms with Crippen molar-refractivity contribution in [3.8, 4) is 5.75 Å². The molecule has 0 aliphatic carbocycles. The number of ether oxygens (including phenoxy) is 1. The highest BCUT2D eigenvalue weighted by molar-refractivity contribution is 6.32. The second-order valence-electron chi connectivity index (χ2n) is 4.64. The van der Waals surface area contributed by atoms with E-state index in [1.54, 1.807) is 0 Å². The van der Waals surface area contributed by atoms with Crippen LogP contribution in [0.5, 0.6) is 5.75 Å². The molecule has 2 rings (SSSR count). The summed E-state index contributed by atoms with van der Waals surface area (Å²) < 4.78 is 5.80. The van der Waals surface area contributed by atoms with E-state index in [4.69, 9.17) is 16.3 Å². The van der Waals surface area contributed by atoms with Gasteiger partial charge >= 0.3 is 0 Å². The van der Waals surface area contributed by atoms with Crippen LogP contribution in [0.25, 0.3) is 0 Å². The monoisotopic (exact) mass is 253 g/mol. The minimum atomic E-state index is 0.616. The predicted octanol–water partition coefficient (Wildman–Crippen LogP) is 3.28. The van der Waals surface area contributed by atoms with Crippen LogP contribution in [0, 0.1) is 5.92 Å². The van der Waals surface area contributed by atoms with E-state index in [0.29, 0.717) is 5.92 Å². The number of benzene rings is 1. The van der Waals surface area contributed by atoms with Gasteiger partial charge < -0.3 is 10.1 Å². The number of hydrogen-bond acceptors (Lipinski definition) is 2. The molecule has 2 nitrogen and oxygen atoms in total. The second-order valence-corrected chi connectivity index (χ2v) is 5.05. The zero-order chi connectivity index (χ0) is 12.1. The molecule has 1 aliphatic heterocycles. The van der Waals surface area contributed by atoms with Crippen molar-refractivity contribution in [2.45, 2.75) is 26.2 Å². The van der Waals surface area contributed by atoms with Crippen LogP contribution in [0.4, 0.5) is 0 Å². The van der Waals surface area contributed by atoms with Crippen LogP contribution in [-0.2, 0) is 6.42 Å². The van der Waals surface area contributed by atoms with Crippen molar-refractivity contribution in [2.24, 2.45) is 5.92 Å². The molecule has 0 aromatic heterocycles. The van der Waals surface area contributed by atoms with Gasteiger partial charge in [0.1, 0.15) is 5.75 Å². The summed E-state index contributed by atoms with van der Waals surface area (Å²) in [7, 11) is 0. The summed E-state index contributed by atoms with van der Waals surface area (Å²) in [4.78, 5) is 0. The molecule has 17 heavy (non-hydrogen) atoms. The van der Waals surface area contributed by atoms with Gasteiger partial charge in [-0.2, -0.15) is 0 Å². The van der Waals surface area contributed by atoms with Crippen molar-refractivity contribution in [2.75, 3.05) is 19.7 Å². The molecule has 0 saturated carbocycles. The fourth-order valence-corrected chi connectivity index (χ4v) is 2.41. The first-order chi connectivity index (χ1) is 8.29. The Morgan fingerprint density at radius 2 is 2.35 bits per heavy atom. The molecule has 1 unspecified atom stereocenters. The highest BCUT2D eigenvalue weighted by atomic mass is 35.5. The number of halogens is 1. The Morgan fingerprint density at radius 1 is 1.47 bits per heavy atom. The van der Waals surface area contributed by atoms with Crippen LogP contribution in [0.15, 0.2) is 18.2 Å². The lowest BCUT2D eigenvalue weighted by molar-refractivity contribution is 0.218. The van der Waals surface area contributed by atoms with Crippen molar-refractivity contribution in [1.29, 1.82) is 0 Å². The third-order valence-electron chi connectivity index (χ3n) is 3.28. The van der Waals surface area contributed by atoms with Gasteiger partial charge in [-0.3, -0.25) is 0 Å². The standard InChI is InChI=1S/C14H20ClNO/c1-2-11-5-6-14(13(15)8-11)17-10-12-4-3-7-16-9-12/h5-6,8,12,16H,2-4,7,9-10H2,1H3. The SMILES string of the molecule is CCc1ccc(OCC2CCCNC2)c(Cl)c1. The molecule has 1 aromatic rings. The molecule has 1 N–H and O–H groups in total. The number of aryl methyl sites for hydroxylation is 1. The lowest BCUT2D eigenvalue weighted by Gasteiger charge is -2.23. The van der Waals surface area contributed by atoms with Crippen LogP contribution in [0.2, 0.25) is 5.02 Å². The Labute approximate surface area is 108 Å². The molecular weight excluding hydrogens is 234 g/mol. The van der Waals surface area contributed by atoms with Crippen molar-refractivity contribution in [1.82, 2.24) is 5.32 Å². The lowest BCUT2D eigenvalue weighted by Crippen LogP contribution is -2.33. The Kier molecular flexibility index (Phi) is 4.69. The molecule has 1 aromatic carbocycles. The van der Waals surface area contributed by atoms with Crippen molar-refractivity contribution in [3.63, 3.8) is 0 Å². The average Bonchev–Trinajstić information content (AvgIpc) is 2.38. The Hall–Kier alpha value is -0.730. The Morgan fingerprint density at radius 3 is 3.00 bits per heavy atom. The van der Waals surface area contributed by atoms with Gasteiger partial charge in [0.2, 0.25) is 0 Å². The highest BCUT2D eigenvalue weighted by Crippen LogP contribution is 2.26. The smallest absolute Gasteiger partial charge is 0.137 e. The summed E-state index contributed by atoms with van der Waals surface area (Å²) in [6, 6.07) is 6.06. The van der Waals surface area contributed by atoms with Gasteiger partial charge in [0, 0.05) is 12.5 Å². The van der Waals surface area contributed by atoms with Crippen molar-refractivity contribution >= 4 is 11.6 Å².